The van der Waals surface area contributed by atoms with Gasteiger partial charge in [0.05, 0.1) is 29.8 Å². The second-order valence-corrected chi connectivity index (χ2v) is 7.62. The third-order valence-corrected chi connectivity index (χ3v) is 5.67. The standard InChI is InChI=1S/C16H17Cl2NO4S/c1-9-6-16(10(2)5-11(9)17)24(20,21)19-13-8-14(22-3)12(18)7-15(13)23-4/h5-8,19H,1-4H3. The Labute approximate surface area is 151 Å². The van der Waals surface area contributed by atoms with Gasteiger partial charge in [0.15, 0.2) is 0 Å². The summed E-state index contributed by atoms with van der Waals surface area (Å²) in [4.78, 5) is 0.139. The average Bonchev–Trinajstić information content (AvgIpc) is 2.51. The monoisotopic (exact) mass is 389 g/mol. The van der Waals surface area contributed by atoms with Gasteiger partial charge in [-0.05, 0) is 37.1 Å². The minimum Gasteiger partial charge on any atom is -0.495 e. The first-order chi connectivity index (χ1) is 11.2. The Morgan fingerprint density at radius 3 is 2.08 bits per heavy atom. The first kappa shape index (κ1) is 18.7. The van der Waals surface area contributed by atoms with E-state index in [1.165, 1.54) is 32.4 Å². The third-order valence-electron chi connectivity index (χ3n) is 3.46. The van der Waals surface area contributed by atoms with Crippen molar-refractivity contribution in [1.82, 2.24) is 0 Å². The van der Waals surface area contributed by atoms with Crippen molar-refractivity contribution in [2.45, 2.75) is 18.7 Å². The molecule has 0 bridgehead atoms. The van der Waals surface area contributed by atoms with E-state index in [1.54, 1.807) is 19.9 Å². The number of hydrogen-bond donors (Lipinski definition) is 1. The van der Waals surface area contributed by atoms with E-state index < -0.39 is 10.0 Å². The zero-order valence-corrected chi connectivity index (χ0v) is 15.9. The summed E-state index contributed by atoms with van der Waals surface area (Å²) in [7, 11) is -0.974. The molecule has 0 unspecified atom stereocenters. The predicted molar refractivity (Wildman–Crippen MR) is 96.3 cm³/mol. The number of benzene rings is 2. The molecule has 2 aromatic rings. The molecule has 1 N–H and O–H groups in total. The molecule has 8 heteroatoms. The minimum absolute atomic E-state index is 0.139. The van der Waals surface area contributed by atoms with Crippen LogP contribution in [0.4, 0.5) is 5.69 Å². The molecule has 0 saturated heterocycles. The Morgan fingerprint density at radius 2 is 1.50 bits per heavy atom. The molecule has 0 amide bonds. The van der Waals surface area contributed by atoms with Crippen molar-refractivity contribution in [2.75, 3.05) is 18.9 Å². The van der Waals surface area contributed by atoms with E-state index in [9.17, 15) is 8.42 Å². The number of hydrogen-bond acceptors (Lipinski definition) is 4. The highest BCUT2D eigenvalue weighted by Gasteiger charge is 2.21. The van der Waals surface area contributed by atoms with Crippen molar-refractivity contribution in [2.24, 2.45) is 0 Å². The van der Waals surface area contributed by atoms with Crippen LogP contribution in [0.1, 0.15) is 11.1 Å². The summed E-state index contributed by atoms with van der Waals surface area (Å²) < 4.78 is 38.3. The van der Waals surface area contributed by atoms with Crippen LogP contribution >= 0.6 is 23.2 Å². The maximum absolute atomic E-state index is 12.8. The number of rotatable bonds is 5. The molecule has 24 heavy (non-hydrogen) atoms. The molecule has 0 radical (unpaired) electrons. The van der Waals surface area contributed by atoms with E-state index in [0.29, 0.717) is 26.9 Å². The normalized spacial score (nSPS) is 11.2. The summed E-state index contributed by atoms with van der Waals surface area (Å²) in [5.41, 5.74) is 1.44. The van der Waals surface area contributed by atoms with Gasteiger partial charge in [0.1, 0.15) is 11.5 Å². The number of aryl methyl sites for hydroxylation is 2. The molecule has 2 rings (SSSR count). The molecule has 0 fully saturated rings. The number of sulfonamides is 1. The average molecular weight is 390 g/mol. The molecule has 0 aliphatic rings. The first-order valence-electron chi connectivity index (χ1n) is 6.90. The molecule has 0 saturated carbocycles. The van der Waals surface area contributed by atoms with Gasteiger partial charge < -0.3 is 9.47 Å². The molecular formula is C16H17Cl2NO4S. The maximum Gasteiger partial charge on any atom is 0.262 e. The first-order valence-corrected chi connectivity index (χ1v) is 9.14. The molecule has 130 valence electrons. The smallest absolute Gasteiger partial charge is 0.262 e. The molecule has 5 nitrogen and oxygen atoms in total. The Kier molecular flexibility index (Phi) is 5.52. The summed E-state index contributed by atoms with van der Waals surface area (Å²) >= 11 is 12.1. The second-order valence-electron chi connectivity index (χ2n) is 5.16. The zero-order chi connectivity index (χ0) is 18.1. The highest BCUT2D eigenvalue weighted by atomic mass is 35.5. The van der Waals surface area contributed by atoms with Gasteiger partial charge in [0.25, 0.3) is 10.0 Å². The summed E-state index contributed by atoms with van der Waals surface area (Å²) in [6.45, 7) is 3.42. The molecule has 2 aromatic carbocycles. The maximum atomic E-state index is 12.8. The lowest BCUT2D eigenvalue weighted by Gasteiger charge is -2.16. The van der Waals surface area contributed by atoms with Crippen LogP contribution in [0.15, 0.2) is 29.2 Å². The van der Waals surface area contributed by atoms with Crippen molar-refractivity contribution < 1.29 is 17.9 Å². The van der Waals surface area contributed by atoms with Gasteiger partial charge in [-0.15, -0.1) is 0 Å². The van der Waals surface area contributed by atoms with E-state index >= 15 is 0 Å². The lowest BCUT2D eigenvalue weighted by molar-refractivity contribution is 0.405. The van der Waals surface area contributed by atoms with Crippen molar-refractivity contribution in [3.63, 3.8) is 0 Å². The van der Waals surface area contributed by atoms with E-state index in [4.69, 9.17) is 32.7 Å². The number of ether oxygens (including phenoxy) is 2. The fourth-order valence-electron chi connectivity index (χ4n) is 2.18. The largest absolute Gasteiger partial charge is 0.495 e. The molecule has 0 spiro atoms. The van der Waals surface area contributed by atoms with Crippen molar-refractivity contribution in [1.29, 1.82) is 0 Å². The Balaban J connectivity index is 2.52. The summed E-state index contributed by atoms with van der Waals surface area (Å²) in [6, 6.07) is 6.10. The molecule has 0 heterocycles. The summed E-state index contributed by atoms with van der Waals surface area (Å²) in [5, 5.41) is 0.827. The van der Waals surface area contributed by atoms with E-state index in [0.717, 1.165) is 0 Å². The third kappa shape index (κ3) is 3.71. The SMILES string of the molecule is COc1cc(NS(=O)(=O)c2cc(C)c(Cl)cc2C)c(OC)cc1Cl. The predicted octanol–water partition coefficient (Wildman–Crippen LogP) is 4.43. The minimum atomic E-state index is -3.84. The van der Waals surface area contributed by atoms with E-state index in [-0.39, 0.29) is 16.3 Å². The van der Waals surface area contributed by atoms with Gasteiger partial charge in [-0.25, -0.2) is 8.42 Å². The molecule has 0 aromatic heterocycles. The molecule has 0 atom stereocenters. The summed E-state index contributed by atoms with van der Waals surface area (Å²) in [6.07, 6.45) is 0. The summed E-state index contributed by atoms with van der Waals surface area (Å²) in [5.74, 6) is 0.617. The van der Waals surface area contributed by atoms with E-state index in [1.807, 2.05) is 0 Å². The Morgan fingerprint density at radius 1 is 0.875 bits per heavy atom. The fourth-order valence-corrected chi connectivity index (χ4v) is 4.01. The van der Waals surface area contributed by atoms with Gasteiger partial charge >= 0.3 is 0 Å². The number of halogens is 2. The van der Waals surface area contributed by atoms with Crippen LogP contribution in [0.3, 0.4) is 0 Å². The van der Waals surface area contributed by atoms with Crippen molar-refractivity contribution >= 4 is 38.9 Å². The van der Waals surface area contributed by atoms with Crippen LogP contribution in [0.5, 0.6) is 11.5 Å². The van der Waals surface area contributed by atoms with E-state index in [2.05, 4.69) is 4.72 Å². The van der Waals surface area contributed by atoms with Gasteiger partial charge in [0, 0.05) is 17.2 Å². The molecule has 0 aliphatic carbocycles. The number of methoxy groups -OCH3 is 2. The highest BCUT2D eigenvalue weighted by molar-refractivity contribution is 7.92. The van der Waals surface area contributed by atoms with Gasteiger partial charge in [0.2, 0.25) is 0 Å². The highest BCUT2D eigenvalue weighted by Crippen LogP contribution is 2.37. The van der Waals surface area contributed by atoms with Crippen LogP contribution in [0, 0.1) is 13.8 Å². The fraction of sp³-hybridized carbons (Fsp3) is 0.250. The number of nitrogens with one attached hydrogen (secondary N) is 1. The van der Waals surface area contributed by atoms with Crippen LogP contribution in [-0.2, 0) is 10.0 Å². The molecule has 0 aliphatic heterocycles. The topological polar surface area (TPSA) is 64.6 Å². The van der Waals surface area contributed by atoms with Crippen LogP contribution < -0.4 is 14.2 Å². The lowest BCUT2D eigenvalue weighted by Crippen LogP contribution is -2.15. The van der Waals surface area contributed by atoms with Gasteiger partial charge in [-0.3, -0.25) is 4.72 Å². The van der Waals surface area contributed by atoms with Crippen molar-refractivity contribution in [3.05, 3.63) is 45.4 Å². The number of anilines is 1. The second kappa shape index (κ2) is 7.09. The van der Waals surface area contributed by atoms with Crippen LogP contribution in [0.2, 0.25) is 10.0 Å². The Bertz CT molecular complexity index is 882. The van der Waals surface area contributed by atoms with Gasteiger partial charge in [-0.1, -0.05) is 23.2 Å². The van der Waals surface area contributed by atoms with Crippen LogP contribution in [0.25, 0.3) is 0 Å². The van der Waals surface area contributed by atoms with Gasteiger partial charge in [-0.2, -0.15) is 0 Å². The Hall–Kier alpha value is -1.63. The quantitative estimate of drug-likeness (QED) is 0.821. The lowest BCUT2D eigenvalue weighted by atomic mass is 10.2. The van der Waals surface area contributed by atoms with Crippen LogP contribution in [-0.4, -0.2) is 22.6 Å². The zero-order valence-electron chi connectivity index (χ0n) is 13.6. The molecular weight excluding hydrogens is 373 g/mol. The van der Waals surface area contributed by atoms with Crippen molar-refractivity contribution in [3.8, 4) is 11.5 Å².